The number of rotatable bonds is 2. The van der Waals surface area contributed by atoms with Gasteiger partial charge in [-0.25, -0.2) is 0 Å². The summed E-state index contributed by atoms with van der Waals surface area (Å²) in [5.74, 6) is -0.257. The number of carbonyl (C=O) groups is 1. The molecule has 6 nitrogen and oxygen atoms in total. The molecule has 90 valence electrons. The Morgan fingerprint density at radius 3 is 2.76 bits per heavy atom. The molecule has 1 atom stereocenters. The van der Waals surface area contributed by atoms with Crippen molar-refractivity contribution in [3.8, 4) is 0 Å². The molecule has 17 heavy (non-hydrogen) atoms. The molecule has 0 spiro atoms. The molecule has 0 bridgehead atoms. The van der Waals surface area contributed by atoms with Crippen molar-refractivity contribution in [2.45, 2.75) is 12.5 Å². The highest BCUT2D eigenvalue weighted by molar-refractivity contribution is 6.34. The molecule has 0 aliphatic carbocycles. The maximum absolute atomic E-state index is 11.7. The lowest BCUT2D eigenvalue weighted by atomic mass is 10.2. The first kappa shape index (κ1) is 11.8. The molecule has 1 saturated heterocycles. The Morgan fingerprint density at radius 2 is 2.24 bits per heavy atom. The minimum atomic E-state index is -0.551. The third-order valence-electron chi connectivity index (χ3n) is 2.68. The first-order valence-electron chi connectivity index (χ1n) is 5.01. The highest BCUT2D eigenvalue weighted by atomic mass is 35.5. The van der Waals surface area contributed by atoms with Gasteiger partial charge >= 0.3 is 0 Å². The van der Waals surface area contributed by atoms with Gasteiger partial charge in [0.2, 0.25) is 5.91 Å². The van der Waals surface area contributed by atoms with E-state index in [1.54, 1.807) is 0 Å². The van der Waals surface area contributed by atoms with Crippen molar-refractivity contribution in [1.82, 2.24) is 0 Å². The molecule has 7 heteroatoms. The number of nitro benzene ring substituents is 1. The summed E-state index contributed by atoms with van der Waals surface area (Å²) in [7, 11) is 0. The number of benzene rings is 1. The fourth-order valence-electron chi connectivity index (χ4n) is 1.76. The van der Waals surface area contributed by atoms with Crippen molar-refractivity contribution < 1.29 is 9.72 Å². The van der Waals surface area contributed by atoms with E-state index >= 15 is 0 Å². The number of amides is 1. The predicted octanol–water partition coefficient (Wildman–Crippen LogP) is 1.31. The standard InChI is InChI=1S/C10H10ClN3O3/c11-7-2-1-6(14(16)17)5-9(7)13-4-3-8(12)10(13)15/h1-2,5,8H,3-4,12H2. The van der Waals surface area contributed by atoms with Crippen molar-refractivity contribution in [3.05, 3.63) is 33.3 Å². The zero-order valence-corrected chi connectivity index (χ0v) is 9.55. The van der Waals surface area contributed by atoms with E-state index in [0.717, 1.165) is 0 Å². The van der Waals surface area contributed by atoms with Gasteiger partial charge in [0.05, 0.1) is 21.7 Å². The van der Waals surface area contributed by atoms with Crippen LogP contribution in [0.5, 0.6) is 0 Å². The Bertz CT molecular complexity index is 492. The molecule has 1 amide bonds. The highest BCUT2D eigenvalue weighted by Gasteiger charge is 2.31. The maximum Gasteiger partial charge on any atom is 0.271 e. The summed E-state index contributed by atoms with van der Waals surface area (Å²) in [4.78, 5) is 23.2. The molecule has 0 saturated carbocycles. The number of anilines is 1. The first-order valence-corrected chi connectivity index (χ1v) is 5.39. The number of non-ortho nitro benzene ring substituents is 1. The average molecular weight is 256 g/mol. The molecule has 2 N–H and O–H groups in total. The molecular formula is C10H10ClN3O3. The van der Waals surface area contributed by atoms with Gasteiger partial charge in [0, 0.05) is 18.7 Å². The van der Waals surface area contributed by atoms with Crippen molar-refractivity contribution in [3.63, 3.8) is 0 Å². The van der Waals surface area contributed by atoms with Gasteiger partial charge in [0.1, 0.15) is 0 Å². The second-order valence-electron chi connectivity index (χ2n) is 3.78. The van der Waals surface area contributed by atoms with Gasteiger partial charge in [0.15, 0.2) is 0 Å². The smallest absolute Gasteiger partial charge is 0.271 e. The maximum atomic E-state index is 11.7. The number of hydrogen-bond acceptors (Lipinski definition) is 4. The summed E-state index contributed by atoms with van der Waals surface area (Å²) in [6.45, 7) is 0.431. The van der Waals surface area contributed by atoms with Crippen LogP contribution in [0.15, 0.2) is 18.2 Å². The average Bonchev–Trinajstić information content (AvgIpc) is 2.60. The first-order chi connectivity index (χ1) is 8.00. The Kier molecular flexibility index (Phi) is 2.99. The number of hydrogen-bond donors (Lipinski definition) is 1. The molecule has 0 radical (unpaired) electrons. The molecular weight excluding hydrogens is 246 g/mol. The minimum Gasteiger partial charge on any atom is -0.320 e. The van der Waals surface area contributed by atoms with Crippen LogP contribution in [0.1, 0.15) is 6.42 Å². The summed E-state index contributed by atoms with van der Waals surface area (Å²) in [5, 5.41) is 11.0. The summed E-state index contributed by atoms with van der Waals surface area (Å²) in [5.41, 5.74) is 5.83. The Morgan fingerprint density at radius 1 is 1.53 bits per heavy atom. The largest absolute Gasteiger partial charge is 0.320 e. The lowest BCUT2D eigenvalue weighted by molar-refractivity contribution is -0.384. The number of halogens is 1. The lowest BCUT2D eigenvalue weighted by Crippen LogP contribution is -2.34. The van der Waals surface area contributed by atoms with Crippen LogP contribution in [0.2, 0.25) is 5.02 Å². The minimum absolute atomic E-state index is 0.0994. The number of nitrogens with two attached hydrogens (primary N) is 1. The second kappa shape index (κ2) is 4.31. The van der Waals surface area contributed by atoms with E-state index in [4.69, 9.17) is 17.3 Å². The normalized spacial score (nSPS) is 19.8. The van der Waals surface area contributed by atoms with Crippen LogP contribution in [0.4, 0.5) is 11.4 Å². The van der Waals surface area contributed by atoms with E-state index in [9.17, 15) is 14.9 Å². The summed E-state index contributed by atoms with van der Waals surface area (Å²) in [6.07, 6.45) is 0.526. The van der Waals surface area contributed by atoms with Crippen LogP contribution < -0.4 is 10.6 Å². The van der Waals surface area contributed by atoms with Gasteiger partial charge in [0.25, 0.3) is 5.69 Å². The number of nitro groups is 1. The van der Waals surface area contributed by atoms with Gasteiger partial charge in [-0.3, -0.25) is 14.9 Å². The predicted molar refractivity (Wildman–Crippen MR) is 63.1 cm³/mol. The Balaban J connectivity index is 2.41. The molecule has 1 aliphatic heterocycles. The van der Waals surface area contributed by atoms with Crippen LogP contribution in [-0.4, -0.2) is 23.4 Å². The van der Waals surface area contributed by atoms with Crippen LogP contribution in [-0.2, 0) is 4.79 Å². The molecule has 1 heterocycles. The van der Waals surface area contributed by atoms with E-state index in [2.05, 4.69) is 0 Å². The van der Waals surface area contributed by atoms with Gasteiger partial charge in [-0.1, -0.05) is 11.6 Å². The number of carbonyl (C=O) groups excluding carboxylic acids is 1. The third-order valence-corrected chi connectivity index (χ3v) is 3.00. The molecule has 1 unspecified atom stereocenters. The van der Waals surface area contributed by atoms with Crippen LogP contribution in [0, 0.1) is 10.1 Å². The van der Waals surface area contributed by atoms with Gasteiger partial charge in [-0.15, -0.1) is 0 Å². The molecule has 1 fully saturated rings. The van der Waals surface area contributed by atoms with E-state index in [-0.39, 0.29) is 11.6 Å². The van der Waals surface area contributed by atoms with Gasteiger partial charge < -0.3 is 10.6 Å². The van der Waals surface area contributed by atoms with Gasteiger partial charge in [-0.05, 0) is 12.5 Å². The summed E-state index contributed by atoms with van der Waals surface area (Å²) < 4.78 is 0. The Hall–Kier alpha value is -1.66. The van der Waals surface area contributed by atoms with E-state index in [0.29, 0.717) is 23.7 Å². The fraction of sp³-hybridized carbons (Fsp3) is 0.300. The second-order valence-corrected chi connectivity index (χ2v) is 4.19. The topological polar surface area (TPSA) is 89.5 Å². The van der Waals surface area contributed by atoms with Crippen LogP contribution >= 0.6 is 11.6 Å². The van der Waals surface area contributed by atoms with E-state index in [1.807, 2.05) is 0 Å². The molecule has 1 aliphatic rings. The van der Waals surface area contributed by atoms with Crippen molar-refractivity contribution in [2.75, 3.05) is 11.4 Å². The zero-order valence-electron chi connectivity index (χ0n) is 8.80. The van der Waals surface area contributed by atoms with Gasteiger partial charge in [-0.2, -0.15) is 0 Å². The van der Waals surface area contributed by atoms with Crippen molar-refractivity contribution in [2.24, 2.45) is 5.73 Å². The van der Waals surface area contributed by atoms with Crippen molar-refractivity contribution in [1.29, 1.82) is 0 Å². The molecule has 1 aromatic carbocycles. The molecule has 2 rings (SSSR count). The van der Waals surface area contributed by atoms with E-state index in [1.165, 1.54) is 23.1 Å². The van der Waals surface area contributed by atoms with Crippen molar-refractivity contribution >= 4 is 28.9 Å². The fourth-order valence-corrected chi connectivity index (χ4v) is 1.98. The molecule has 0 aromatic heterocycles. The SMILES string of the molecule is NC1CCN(c2cc([N+](=O)[O-])ccc2Cl)C1=O. The summed E-state index contributed by atoms with van der Waals surface area (Å²) in [6, 6.07) is 3.45. The lowest BCUT2D eigenvalue weighted by Gasteiger charge is -2.17. The van der Waals surface area contributed by atoms with E-state index < -0.39 is 11.0 Å². The Labute approximate surface area is 102 Å². The monoisotopic (exact) mass is 255 g/mol. The third kappa shape index (κ3) is 2.09. The quantitative estimate of drug-likeness (QED) is 0.637. The highest BCUT2D eigenvalue weighted by Crippen LogP contribution is 2.32. The molecule has 1 aromatic rings. The zero-order chi connectivity index (χ0) is 12.6. The van der Waals surface area contributed by atoms with Crippen LogP contribution in [0.25, 0.3) is 0 Å². The number of nitrogens with zero attached hydrogens (tertiary/aromatic N) is 2. The van der Waals surface area contributed by atoms with Crippen LogP contribution in [0.3, 0.4) is 0 Å². The summed E-state index contributed by atoms with van der Waals surface area (Å²) >= 11 is 5.94.